The third kappa shape index (κ3) is 6.13. The first-order valence-corrected chi connectivity index (χ1v) is 11.4. The molecule has 1 N–H and O–H groups in total. The highest BCUT2D eigenvalue weighted by molar-refractivity contribution is 4.83. The van der Waals surface area contributed by atoms with Crippen LogP contribution in [0.1, 0.15) is 71.6 Å². The van der Waals surface area contributed by atoms with E-state index in [1.165, 1.54) is 12.8 Å². The molecule has 6 nitrogen and oxygen atoms in total. The van der Waals surface area contributed by atoms with Gasteiger partial charge in [-0.3, -0.25) is 0 Å². The van der Waals surface area contributed by atoms with E-state index in [4.69, 9.17) is 28.8 Å². The van der Waals surface area contributed by atoms with E-state index in [1.54, 1.807) is 0 Å². The second-order valence-electron chi connectivity index (χ2n) is 8.84. The van der Waals surface area contributed by atoms with Gasteiger partial charge < -0.3 is 28.8 Å². The van der Waals surface area contributed by atoms with Gasteiger partial charge in [-0.2, -0.15) is 0 Å². The molecule has 2 spiro atoms. The largest absolute Gasteiger partial charge is 0.396 e. The number of hydrogen-bond acceptors (Lipinski definition) is 6. The Morgan fingerprint density at radius 2 is 1.25 bits per heavy atom. The van der Waals surface area contributed by atoms with Gasteiger partial charge in [-0.15, -0.1) is 0 Å². The van der Waals surface area contributed by atoms with Gasteiger partial charge in [-0.25, -0.2) is 0 Å². The summed E-state index contributed by atoms with van der Waals surface area (Å²) in [4.78, 5) is 0. The Hall–Kier alpha value is -0.240. The van der Waals surface area contributed by atoms with Gasteiger partial charge in [0.1, 0.15) is 0 Å². The summed E-state index contributed by atoms with van der Waals surface area (Å²) in [5, 5.41) is 8.94. The van der Waals surface area contributed by atoms with Gasteiger partial charge in [-0.1, -0.05) is 6.92 Å². The summed E-state index contributed by atoms with van der Waals surface area (Å²) >= 11 is 0. The summed E-state index contributed by atoms with van der Waals surface area (Å²) in [6, 6.07) is 0. The maximum Gasteiger partial charge on any atom is 0.168 e. The summed E-state index contributed by atoms with van der Waals surface area (Å²) in [6.07, 6.45) is 9.93. The molecule has 2 aliphatic carbocycles. The van der Waals surface area contributed by atoms with Gasteiger partial charge in [0.2, 0.25) is 0 Å². The SMILES string of the molecule is CCC(C)OCC1CCC2(CC1)OCCO2.OCC1CCC2(CC1)OCCO2. The minimum Gasteiger partial charge on any atom is -0.396 e. The first-order valence-electron chi connectivity index (χ1n) is 11.4. The Kier molecular flexibility index (Phi) is 8.57. The lowest BCUT2D eigenvalue weighted by Crippen LogP contribution is -2.36. The monoisotopic (exact) mass is 400 g/mol. The Labute approximate surface area is 170 Å². The molecule has 0 bridgehead atoms. The maximum absolute atomic E-state index is 8.94. The normalized spacial score (nSPS) is 30.3. The zero-order valence-electron chi connectivity index (χ0n) is 17.8. The van der Waals surface area contributed by atoms with Crippen molar-refractivity contribution in [3.05, 3.63) is 0 Å². The van der Waals surface area contributed by atoms with Crippen LogP contribution in [0.5, 0.6) is 0 Å². The molecule has 0 radical (unpaired) electrons. The Morgan fingerprint density at radius 1 is 0.821 bits per heavy atom. The van der Waals surface area contributed by atoms with E-state index in [9.17, 15) is 0 Å². The molecule has 1 unspecified atom stereocenters. The smallest absolute Gasteiger partial charge is 0.168 e. The van der Waals surface area contributed by atoms with Crippen LogP contribution in [0.4, 0.5) is 0 Å². The topological polar surface area (TPSA) is 66.4 Å². The lowest BCUT2D eigenvalue weighted by atomic mass is 9.85. The molecular formula is C22H40O6. The van der Waals surface area contributed by atoms with Crippen molar-refractivity contribution in [1.82, 2.24) is 0 Å². The molecule has 2 aliphatic heterocycles. The van der Waals surface area contributed by atoms with E-state index < -0.39 is 0 Å². The number of rotatable bonds is 5. The molecule has 2 saturated carbocycles. The fourth-order valence-electron chi connectivity index (χ4n) is 4.57. The minimum absolute atomic E-state index is 0.215. The van der Waals surface area contributed by atoms with Crippen molar-refractivity contribution in [2.75, 3.05) is 39.6 Å². The molecule has 164 valence electrons. The highest BCUT2D eigenvalue weighted by Crippen LogP contribution is 2.39. The molecule has 2 saturated heterocycles. The molecule has 2 heterocycles. The molecule has 4 fully saturated rings. The number of aliphatic hydroxyl groups is 1. The Balaban J connectivity index is 0.000000167. The van der Waals surface area contributed by atoms with E-state index in [0.29, 0.717) is 24.5 Å². The molecule has 28 heavy (non-hydrogen) atoms. The van der Waals surface area contributed by atoms with E-state index in [0.717, 1.165) is 78.0 Å². The van der Waals surface area contributed by atoms with Crippen LogP contribution in [-0.4, -0.2) is 62.4 Å². The molecular weight excluding hydrogens is 360 g/mol. The Morgan fingerprint density at radius 3 is 1.64 bits per heavy atom. The summed E-state index contributed by atoms with van der Waals surface area (Å²) in [5.74, 6) is 0.703. The van der Waals surface area contributed by atoms with Gasteiger partial charge in [0.25, 0.3) is 0 Å². The summed E-state index contributed by atoms with van der Waals surface area (Å²) < 4.78 is 28.4. The van der Waals surface area contributed by atoms with Crippen LogP contribution >= 0.6 is 0 Å². The lowest BCUT2D eigenvalue weighted by molar-refractivity contribution is -0.185. The quantitative estimate of drug-likeness (QED) is 0.760. The molecule has 0 aromatic heterocycles. The van der Waals surface area contributed by atoms with Crippen LogP contribution in [0.15, 0.2) is 0 Å². The third-order valence-electron chi connectivity index (χ3n) is 6.81. The second kappa shape index (κ2) is 10.7. The number of hydrogen-bond donors (Lipinski definition) is 1. The average Bonchev–Trinajstić information content (AvgIpc) is 3.39. The second-order valence-corrected chi connectivity index (χ2v) is 8.84. The van der Waals surface area contributed by atoms with Gasteiger partial charge in [0.05, 0.1) is 32.5 Å². The molecule has 6 heteroatoms. The van der Waals surface area contributed by atoms with Crippen molar-refractivity contribution in [2.45, 2.75) is 89.3 Å². The van der Waals surface area contributed by atoms with Crippen LogP contribution in [0.25, 0.3) is 0 Å². The van der Waals surface area contributed by atoms with Crippen molar-refractivity contribution < 1.29 is 28.8 Å². The van der Waals surface area contributed by atoms with Gasteiger partial charge in [0, 0.05) is 38.9 Å². The van der Waals surface area contributed by atoms with E-state index in [-0.39, 0.29) is 11.6 Å². The van der Waals surface area contributed by atoms with Crippen LogP contribution in [0, 0.1) is 11.8 Å². The molecule has 4 aliphatic rings. The predicted octanol–water partition coefficient (Wildman–Crippen LogP) is 3.65. The molecule has 4 rings (SSSR count). The zero-order valence-corrected chi connectivity index (χ0v) is 17.8. The molecule has 0 aromatic rings. The van der Waals surface area contributed by atoms with E-state index in [2.05, 4.69) is 13.8 Å². The highest BCUT2D eigenvalue weighted by Gasteiger charge is 2.41. The number of aliphatic hydroxyl groups excluding tert-OH is 1. The lowest BCUT2D eigenvalue weighted by Gasteiger charge is -2.35. The fourth-order valence-corrected chi connectivity index (χ4v) is 4.57. The average molecular weight is 401 g/mol. The minimum atomic E-state index is -0.258. The van der Waals surface area contributed by atoms with E-state index in [1.807, 2.05) is 0 Å². The summed E-state index contributed by atoms with van der Waals surface area (Å²) in [7, 11) is 0. The predicted molar refractivity (Wildman–Crippen MR) is 106 cm³/mol. The van der Waals surface area contributed by atoms with Crippen LogP contribution in [-0.2, 0) is 23.7 Å². The third-order valence-corrected chi connectivity index (χ3v) is 6.81. The molecule has 1 atom stereocenters. The highest BCUT2D eigenvalue weighted by atomic mass is 16.7. The van der Waals surface area contributed by atoms with Crippen molar-refractivity contribution >= 4 is 0 Å². The van der Waals surface area contributed by atoms with Crippen molar-refractivity contribution in [3.63, 3.8) is 0 Å². The first kappa shape index (κ1) is 22.4. The standard InChI is InChI=1S/C13H24O3.C9H16O3/c1-3-11(2)14-10-12-4-6-13(7-5-12)15-8-9-16-13;10-7-8-1-3-9(4-2-8)11-5-6-12-9/h11-12H,3-10H2,1-2H3;8,10H,1-7H2. The van der Waals surface area contributed by atoms with Gasteiger partial charge in [-0.05, 0) is 50.9 Å². The van der Waals surface area contributed by atoms with Gasteiger partial charge >= 0.3 is 0 Å². The van der Waals surface area contributed by atoms with Crippen molar-refractivity contribution in [1.29, 1.82) is 0 Å². The molecule has 0 amide bonds. The molecule has 0 aromatic carbocycles. The zero-order chi connectivity index (χ0) is 19.9. The van der Waals surface area contributed by atoms with Crippen LogP contribution in [0.2, 0.25) is 0 Å². The summed E-state index contributed by atoms with van der Waals surface area (Å²) in [6.45, 7) is 8.56. The maximum atomic E-state index is 8.94. The van der Waals surface area contributed by atoms with Crippen LogP contribution < -0.4 is 0 Å². The fraction of sp³-hybridized carbons (Fsp3) is 1.00. The van der Waals surface area contributed by atoms with Crippen molar-refractivity contribution in [3.8, 4) is 0 Å². The summed E-state index contributed by atoms with van der Waals surface area (Å²) in [5.41, 5.74) is 0. The first-order chi connectivity index (χ1) is 13.6. The van der Waals surface area contributed by atoms with Crippen LogP contribution in [0.3, 0.4) is 0 Å². The van der Waals surface area contributed by atoms with Crippen molar-refractivity contribution in [2.24, 2.45) is 11.8 Å². The van der Waals surface area contributed by atoms with Gasteiger partial charge in [0.15, 0.2) is 11.6 Å². The Bertz CT molecular complexity index is 424. The van der Waals surface area contributed by atoms with E-state index >= 15 is 0 Å². The number of ether oxygens (including phenoxy) is 5.